The second-order valence-corrected chi connectivity index (χ2v) is 7.06. The zero-order valence-corrected chi connectivity index (χ0v) is 16.5. The molecular weight excluding hydrogens is 386 g/mol. The molecule has 7 heteroatoms. The van der Waals surface area contributed by atoms with Crippen LogP contribution in [0.1, 0.15) is 21.6 Å². The summed E-state index contributed by atoms with van der Waals surface area (Å²) >= 11 is 5.91. The van der Waals surface area contributed by atoms with E-state index in [1.165, 1.54) is 0 Å². The number of amides is 1. The van der Waals surface area contributed by atoms with Crippen LogP contribution in [0, 0.1) is 0 Å². The van der Waals surface area contributed by atoms with Gasteiger partial charge in [0.2, 0.25) is 0 Å². The monoisotopic (exact) mass is 405 g/mol. The van der Waals surface area contributed by atoms with E-state index in [1.54, 1.807) is 4.68 Å². The molecule has 0 fully saturated rings. The summed E-state index contributed by atoms with van der Waals surface area (Å²) < 4.78 is 3.60. The largest absolute Gasteiger partial charge is 0.350 e. The van der Waals surface area contributed by atoms with Gasteiger partial charge >= 0.3 is 0 Å². The van der Waals surface area contributed by atoms with E-state index in [0.29, 0.717) is 36.0 Å². The topological polar surface area (TPSA) is 64.7 Å². The third-order valence-corrected chi connectivity index (χ3v) is 4.81. The minimum Gasteiger partial charge on any atom is -0.350 e. The summed E-state index contributed by atoms with van der Waals surface area (Å²) in [6.07, 6.45) is 4.47. The van der Waals surface area contributed by atoms with Crippen molar-refractivity contribution in [1.29, 1.82) is 0 Å². The first-order chi connectivity index (χ1) is 14.2. The van der Waals surface area contributed by atoms with Crippen molar-refractivity contribution in [3.8, 4) is 5.82 Å². The molecular formula is C22H20ClN5O. The minimum absolute atomic E-state index is 0.248. The summed E-state index contributed by atoms with van der Waals surface area (Å²) in [5.74, 6) is 0.393. The number of hydrogen-bond donors (Lipinski definition) is 1. The molecule has 1 N–H and O–H groups in total. The lowest BCUT2D eigenvalue weighted by Crippen LogP contribution is -2.27. The van der Waals surface area contributed by atoms with E-state index in [4.69, 9.17) is 11.6 Å². The van der Waals surface area contributed by atoms with Crippen molar-refractivity contribution in [2.24, 2.45) is 0 Å². The van der Waals surface area contributed by atoms with E-state index in [-0.39, 0.29) is 5.91 Å². The lowest BCUT2D eigenvalue weighted by molar-refractivity contribution is 0.0949. The molecule has 0 aliphatic carbocycles. The molecule has 0 unspecified atom stereocenters. The normalized spacial score (nSPS) is 10.8. The number of halogens is 1. The highest BCUT2D eigenvalue weighted by Gasteiger charge is 2.21. The van der Waals surface area contributed by atoms with Gasteiger partial charge in [-0.25, -0.2) is 4.68 Å². The molecule has 0 radical (unpaired) electrons. The molecule has 2 aromatic carbocycles. The fraction of sp³-hybridized carbons (Fsp3) is 0.136. The van der Waals surface area contributed by atoms with E-state index >= 15 is 0 Å². The first kappa shape index (κ1) is 19.0. The Hall–Kier alpha value is -3.38. The SMILES string of the molecule is O=C(NCCc1ccc(Cl)cc1)c1nnn(Cc2ccccc2)c1-n1cccc1. The van der Waals surface area contributed by atoms with E-state index in [9.17, 15) is 4.79 Å². The fourth-order valence-electron chi connectivity index (χ4n) is 3.10. The van der Waals surface area contributed by atoms with Gasteiger partial charge in [-0.15, -0.1) is 5.10 Å². The Kier molecular flexibility index (Phi) is 5.72. The Balaban J connectivity index is 1.51. The van der Waals surface area contributed by atoms with Crippen molar-refractivity contribution >= 4 is 17.5 Å². The first-order valence-corrected chi connectivity index (χ1v) is 9.72. The van der Waals surface area contributed by atoms with Crippen LogP contribution in [-0.4, -0.2) is 32.0 Å². The molecule has 4 rings (SSSR count). The Labute approximate surface area is 173 Å². The summed E-state index contributed by atoms with van der Waals surface area (Å²) in [6.45, 7) is 1.02. The summed E-state index contributed by atoms with van der Waals surface area (Å²) in [7, 11) is 0. The molecule has 2 heterocycles. The van der Waals surface area contributed by atoms with Crippen molar-refractivity contribution in [3.63, 3.8) is 0 Å². The molecule has 0 aliphatic heterocycles. The molecule has 6 nitrogen and oxygen atoms in total. The molecule has 0 atom stereocenters. The van der Waals surface area contributed by atoms with Crippen LogP contribution in [0.15, 0.2) is 79.1 Å². The second-order valence-electron chi connectivity index (χ2n) is 6.63. The van der Waals surface area contributed by atoms with E-state index in [1.807, 2.05) is 83.7 Å². The van der Waals surface area contributed by atoms with Crippen molar-refractivity contribution in [1.82, 2.24) is 24.9 Å². The van der Waals surface area contributed by atoms with Gasteiger partial charge in [0.25, 0.3) is 5.91 Å². The fourth-order valence-corrected chi connectivity index (χ4v) is 3.23. The van der Waals surface area contributed by atoms with E-state index in [0.717, 1.165) is 11.1 Å². The maximum atomic E-state index is 12.8. The van der Waals surface area contributed by atoms with Crippen molar-refractivity contribution < 1.29 is 4.79 Å². The van der Waals surface area contributed by atoms with Gasteiger partial charge in [-0.3, -0.25) is 4.79 Å². The molecule has 0 saturated carbocycles. The minimum atomic E-state index is -0.248. The molecule has 1 amide bonds. The summed E-state index contributed by atoms with van der Waals surface area (Å²) in [5.41, 5.74) is 2.49. The van der Waals surface area contributed by atoms with Crippen LogP contribution in [0.2, 0.25) is 5.02 Å². The number of nitrogens with one attached hydrogen (secondary N) is 1. The highest BCUT2D eigenvalue weighted by molar-refractivity contribution is 6.30. The van der Waals surface area contributed by atoms with Crippen molar-refractivity contribution in [3.05, 3.63) is 101 Å². The number of carbonyl (C=O) groups excluding carboxylic acids is 1. The molecule has 4 aromatic rings. The number of aromatic nitrogens is 4. The highest BCUT2D eigenvalue weighted by Crippen LogP contribution is 2.15. The predicted octanol–water partition coefficient (Wildman–Crippen LogP) is 3.74. The highest BCUT2D eigenvalue weighted by atomic mass is 35.5. The Morgan fingerprint density at radius 1 is 0.931 bits per heavy atom. The van der Waals surface area contributed by atoms with Gasteiger partial charge < -0.3 is 9.88 Å². The van der Waals surface area contributed by atoms with Gasteiger partial charge in [-0.05, 0) is 41.8 Å². The number of rotatable bonds is 7. The van der Waals surface area contributed by atoms with Gasteiger partial charge in [0.15, 0.2) is 11.5 Å². The van der Waals surface area contributed by atoms with E-state index in [2.05, 4.69) is 15.6 Å². The maximum absolute atomic E-state index is 12.8. The van der Waals surface area contributed by atoms with Crippen LogP contribution in [0.4, 0.5) is 0 Å². The quantitative estimate of drug-likeness (QED) is 0.509. The first-order valence-electron chi connectivity index (χ1n) is 9.34. The Morgan fingerprint density at radius 3 is 2.38 bits per heavy atom. The van der Waals surface area contributed by atoms with Gasteiger partial charge in [-0.2, -0.15) is 0 Å². The molecule has 0 spiro atoms. The molecule has 0 aliphatic rings. The van der Waals surface area contributed by atoms with Crippen LogP contribution in [0.3, 0.4) is 0 Å². The van der Waals surface area contributed by atoms with Crippen LogP contribution >= 0.6 is 11.6 Å². The van der Waals surface area contributed by atoms with Crippen molar-refractivity contribution in [2.75, 3.05) is 6.54 Å². The van der Waals surface area contributed by atoms with Gasteiger partial charge in [-0.1, -0.05) is 59.3 Å². The zero-order chi connectivity index (χ0) is 20.1. The Bertz CT molecular complexity index is 1070. The third kappa shape index (κ3) is 4.55. The lowest BCUT2D eigenvalue weighted by atomic mass is 10.1. The molecule has 0 saturated heterocycles. The smallest absolute Gasteiger partial charge is 0.275 e. The number of carbonyl (C=O) groups is 1. The van der Waals surface area contributed by atoms with Crippen molar-refractivity contribution in [2.45, 2.75) is 13.0 Å². The Morgan fingerprint density at radius 2 is 1.66 bits per heavy atom. The van der Waals surface area contributed by atoms with Gasteiger partial charge in [0, 0.05) is 24.0 Å². The molecule has 29 heavy (non-hydrogen) atoms. The van der Waals surface area contributed by atoms with Crippen LogP contribution in [-0.2, 0) is 13.0 Å². The lowest BCUT2D eigenvalue weighted by Gasteiger charge is -2.10. The van der Waals surface area contributed by atoms with E-state index < -0.39 is 0 Å². The van der Waals surface area contributed by atoms with Crippen LogP contribution in [0.5, 0.6) is 0 Å². The number of hydrogen-bond acceptors (Lipinski definition) is 3. The van der Waals surface area contributed by atoms with Gasteiger partial charge in [0.1, 0.15) is 0 Å². The van der Waals surface area contributed by atoms with Crippen LogP contribution in [0.25, 0.3) is 5.82 Å². The molecule has 2 aromatic heterocycles. The maximum Gasteiger partial charge on any atom is 0.275 e. The summed E-state index contributed by atoms with van der Waals surface area (Å²) in [4.78, 5) is 12.8. The average Bonchev–Trinajstić information content (AvgIpc) is 3.40. The standard InChI is InChI=1S/C22H20ClN5O/c23-19-10-8-17(9-11-19)12-13-24-21(29)20-22(27-14-4-5-15-27)28(26-25-20)16-18-6-2-1-3-7-18/h1-11,14-15H,12-13,16H2,(H,24,29). The molecule has 0 bridgehead atoms. The number of nitrogens with zero attached hydrogens (tertiary/aromatic N) is 4. The summed E-state index contributed by atoms with van der Waals surface area (Å²) in [6, 6.07) is 21.4. The average molecular weight is 406 g/mol. The van der Waals surface area contributed by atoms with Crippen LogP contribution < -0.4 is 5.32 Å². The molecule has 146 valence electrons. The predicted molar refractivity (Wildman–Crippen MR) is 112 cm³/mol. The summed E-state index contributed by atoms with van der Waals surface area (Å²) in [5, 5.41) is 12.0. The number of benzene rings is 2. The zero-order valence-electron chi connectivity index (χ0n) is 15.7. The second kappa shape index (κ2) is 8.75. The van der Waals surface area contributed by atoms with Gasteiger partial charge in [0.05, 0.1) is 6.54 Å². The third-order valence-electron chi connectivity index (χ3n) is 4.56.